The number of hydrogen-bond donors (Lipinski definition) is 0. The Labute approximate surface area is 127 Å². The van der Waals surface area contributed by atoms with Crippen LogP contribution in [-0.2, 0) is 24.1 Å². The zero-order chi connectivity index (χ0) is 14.8. The lowest BCUT2D eigenvalue weighted by Gasteiger charge is -1.99. The molecule has 0 atom stereocenters. The van der Waals surface area contributed by atoms with E-state index in [0.717, 1.165) is 33.7 Å². The first-order chi connectivity index (χ1) is 10.2. The van der Waals surface area contributed by atoms with Crippen molar-refractivity contribution in [3.8, 4) is 0 Å². The Kier molecular flexibility index (Phi) is 3.88. The molecule has 0 saturated carbocycles. The van der Waals surface area contributed by atoms with Crippen LogP contribution in [0.2, 0.25) is 0 Å². The Morgan fingerprint density at radius 3 is 2.90 bits per heavy atom. The van der Waals surface area contributed by atoms with E-state index in [9.17, 15) is 4.79 Å². The number of nitrogens with zero attached hydrogens (tertiary/aromatic N) is 1. The highest BCUT2D eigenvalue weighted by atomic mass is 32.1. The first-order valence-corrected chi connectivity index (χ1v) is 7.95. The molecule has 0 fully saturated rings. The van der Waals surface area contributed by atoms with Gasteiger partial charge in [-0.25, -0.2) is 4.98 Å². The van der Waals surface area contributed by atoms with Crippen molar-refractivity contribution >= 4 is 28.1 Å². The lowest BCUT2D eigenvalue weighted by Crippen LogP contribution is -2.06. The number of rotatable bonds is 5. The lowest BCUT2D eigenvalue weighted by atomic mass is 10.0. The summed E-state index contributed by atoms with van der Waals surface area (Å²) in [6.07, 6.45) is 3.48. The van der Waals surface area contributed by atoms with Crippen molar-refractivity contribution in [2.75, 3.05) is 0 Å². The highest BCUT2D eigenvalue weighted by molar-refractivity contribution is 7.09. The zero-order valence-corrected chi connectivity index (χ0v) is 13.0. The lowest BCUT2D eigenvalue weighted by molar-refractivity contribution is -0.117. The summed E-state index contributed by atoms with van der Waals surface area (Å²) in [7, 11) is 0. The molecular formula is C17H17NO2S. The fourth-order valence-corrected chi connectivity index (χ4v) is 3.21. The van der Waals surface area contributed by atoms with Gasteiger partial charge >= 0.3 is 0 Å². The van der Waals surface area contributed by atoms with Crippen molar-refractivity contribution in [2.24, 2.45) is 0 Å². The van der Waals surface area contributed by atoms with E-state index >= 15 is 0 Å². The van der Waals surface area contributed by atoms with Gasteiger partial charge in [0.05, 0.1) is 12.7 Å². The molecule has 21 heavy (non-hydrogen) atoms. The van der Waals surface area contributed by atoms with Gasteiger partial charge in [-0.15, -0.1) is 11.3 Å². The van der Waals surface area contributed by atoms with E-state index < -0.39 is 0 Å². The van der Waals surface area contributed by atoms with Gasteiger partial charge in [-0.3, -0.25) is 4.79 Å². The normalized spacial score (nSPS) is 11.1. The predicted molar refractivity (Wildman–Crippen MR) is 84.9 cm³/mol. The molecule has 3 nitrogen and oxygen atoms in total. The summed E-state index contributed by atoms with van der Waals surface area (Å²) in [5.41, 5.74) is 4.05. The summed E-state index contributed by atoms with van der Waals surface area (Å²) in [6, 6.07) is 6.19. The van der Waals surface area contributed by atoms with Crippen LogP contribution >= 0.6 is 11.3 Å². The van der Waals surface area contributed by atoms with E-state index in [1.807, 2.05) is 24.4 Å². The molecule has 3 aromatic rings. The Bertz CT molecular complexity index is 785. The van der Waals surface area contributed by atoms with E-state index in [4.69, 9.17) is 4.42 Å². The van der Waals surface area contributed by atoms with Crippen LogP contribution in [0.15, 0.2) is 34.3 Å². The minimum absolute atomic E-state index is 0.173. The van der Waals surface area contributed by atoms with Crippen LogP contribution in [0, 0.1) is 6.92 Å². The Balaban J connectivity index is 1.76. The van der Waals surface area contributed by atoms with E-state index in [0.29, 0.717) is 12.8 Å². The molecule has 1 aromatic carbocycles. The molecule has 0 N–H and O–H groups in total. The molecule has 108 valence electrons. The summed E-state index contributed by atoms with van der Waals surface area (Å²) in [5.74, 6) is 0.173. The number of hydrogen-bond acceptors (Lipinski definition) is 4. The second-order valence-electron chi connectivity index (χ2n) is 5.22. The van der Waals surface area contributed by atoms with Gasteiger partial charge in [0, 0.05) is 28.4 Å². The third-order valence-electron chi connectivity index (χ3n) is 3.53. The quantitative estimate of drug-likeness (QED) is 0.712. The number of aryl methyl sites for hydroxylation is 2. The molecule has 4 heteroatoms. The van der Waals surface area contributed by atoms with Crippen molar-refractivity contribution in [2.45, 2.75) is 33.1 Å². The molecule has 0 aliphatic rings. The maximum Gasteiger partial charge on any atom is 0.144 e. The number of carbonyl (C=O) groups excluding carboxylic acids is 1. The van der Waals surface area contributed by atoms with E-state index in [2.05, 4.69) is 18.0 Å². The Morgan fingerprint density at radius 2 is 2.19 bits per heavy atom. The van der Waals surface area contributed by atoms with E-state index in [1.165, 1.54) is 5.56 Å². The van der Waals surface area contributed by atoms with Gasteiger partial charge in [-0.2, -0.15) is 0 Å². The van der Waals surface area contributed by atoms with Crippen LogP contribution in [0.5, 0.6) is 0 Å². The fourth-order valence-electron chi connectivity index (χ4n) is 2.41. The zero-order valence-electron chi connectivity index (χ0n) is 12.2. The van der Waals surface area contributed by atoms with Crippen LogP contribution in [0.1, 0.15) is 28.8 Å². The van der Waals surface area contributed by atoms with Crippen molar-refractivity contribution < 1.29 is 9.21 Å². The van der Waals surface area contributed by atoms with Crippen molar-refractivity contribution in [3.05, 3.63) is 51.7 Å². The Hall–Kier alpha value is -1.94. The third-order valence-corrected chi connectivity index (χ3v) is 4.50. The average molecular weight is 299 g/mol. The van der Waals surface area contributed by atoms with Gasteiger partial charge in [0.15, 0.2) is 0 Å². The molecule has 0 radical (unpaired) electrons. The highest BCUT2D eigenvalue weighted by Crippen LogP contribution is 2.24. The SMILES string of the molecule is CCc1ccc2c(CC(=O)Cc3nc(C)cs3)coc2c1. The number of furan rings is 1. The molecule has 0 unspecified atom stereocenters. The monoisotopic (exact) mass is 299 g/mol. The fraction of sp³-hybridized carbons (Fsp3) is 0.294. The number of benzene rings is 1. The number of aromatic nitrogens is 1. The smallest absolute Gasteiger partial charge is 0.144 e. The summed E-state index contributed by atoms with van der Waals surface area (Å²) in [5, 5.41) is 3.90. The molecule has 0 amide bonds. The second kappa shape index (κ2) is 5.82. The molecule has 3 rings (SSSR count). The number of thiazole rings is 1. The van der Waals surface area contributed by atoms with Crippen LogP contribution < -0.4 is 0 Å². The van der Waals surface area contributed by atoms with Gasteiger partial charge in [-0.05, 0) is 25.0 Å². The van der Waals surface area contributed by atoms with Crippen molar-refractivity contribution in [1.29, 1.82) is 0 Å². The van der Waals surface area contributed by atoms with E-state index in [1.54, 1.807) is 17.6 Å². The minimum atomic E-state index is 0.173. The highest BCUT2D eigenvalue weighted by Gasteiger charge is 2.12. The van der Waals surface area contributed by atoms with Crippen LogP contribution in [0.3, 0.4) is 0 Å². The number of Topliss-reactive ketones (excluding diaryl/α,β-unsaturated/α-hetero) is 1. The first kappa shape index (κ1) is 14.0. The van der Waals surface area contributed by atoms with Gasteiger partial charge in [0.2, 0.25) is 0 Å². The molecule has 0 spiro atoms. The molecule has 0 bridgehead atoms. The van der Waals surface area contributed by atoms with Gasteiger partial charge in [0.25, 0.3) is 0 Å². The third kappa shape index (κ3) is 3.05. The number of fused-ring (bicyclic) bond motifs is 1. The average Bonchev–Trinajstić information content (AvgIpc) is 3.05. The maximum atomic E-state index is 12.2. The molecule has 0 aliphatic heterocycles. The largest absolute Gasteiger partial charge is 0.464 e. The van der Waals surface area contributed by atoms with Crippen molar-refractivity contribution in [1.82, 2.24) is 4.98 Å². The van der Waals surface area contributed by atoms with Gasteiger partial charge in [-0.1, -0.05) is 19.1 Å². The first-order valence-electron chi connectivity index (χ1n) is 7.07. The van der Waals surface area contributed by atoms with Crippen molar-refractivity contribution in [3.63, 3.8) is 0 Å². The Morgan fingerprint density at radius 1 is 1.33 bits per heavy atom. The summed E-state index contributed by atoms with van der Waals surface area (Å²) in [6.45, 7) is 4.06. The van der Waals surface area contributed by atoms with Crippen LogP contribution in [0.25, 0.3) is 11.0 Å². The summed E-state index contributed by atoms with van der Waals surface area (Å²) in [4.78, 5) is 16.5. The van der Waals surface area contributed by atoms with Gasteiger partial charge < -0.3 is 4.42 Å². The molecular weight excluding hydrogens is 282 g/mol. The predicted octanol–water partition coefficient (Wildman–Crippen LogP) is 4.11. The van der Waals surface area contributed by atoms with E-state index in [-0.39, 0.29) is 5.78 Å². The maximum absolute atomic E-state index is 12.2. The van der Waals surface area contributed by atoms with Crippen LogP contribution in [0.4, 0.5) is 0 Å². The van der Waals surface area contributed by atoms with Gasteiger partial charge in [0.1, 0.15) is 16.4 Å². The minimum Gasteiger partial charge on any atom is -0.464 e. The topological polar surface area (TPSA) is 43.1 Å². The summed E-state index contributed by atoms with van der Waals surface area (Å²) < 4.78 is 5.58. The summed E-state index contributed by atoms with van der Waals surface area (Å²) >= 11 is 1.54. The molecule has 2 aromatic heterocycles. The molecule has 0 aliphatic carbocycles. The number of carbonyl (C=O) groups is 1. The molecule has 2 heterocycles. The van der Waals surface area contributed by atoms with Crippen LogP contribution in [-0.4, -0.2) is 10.8 Å². The standard InChI is InChI=1S/C17H17NO2S/c1-3-12-4-5-15-13(9-20-16(15)6-12)7-14(19)8-17-18-11(2)10-21-17/h4-6,9-10H,3,7-8H2,1-2H3. The second-order valence-corrected chi connectivity index (χ2v) is 6.16. The number of ketones is 1. The molecule has 0 saturated heterocycles.